The molecule has 10 N–H and O–H groups in total. The highest BCUT2D eigenvalue weighted by Crippen LogP contribution is 2.48. The summed E-state index contributed by atoms with van der Waals surface area (Å²) in [6, 6.07) is 14.1. The number of hydrogen-bond donors (Lipinski definition) is 9. The molecule has 5 aromatic rings. The summed E-state index contributed by atoms with van der Waals surface area (Å²) in [6.45, 7) is 6.29. The van der Waals surface area contributed by atoms with Crippen LogP contribution >= 0.6 is 0 Å². The Morgan fingerprint density at radius 3 is 2.25 bits per heavy atom. The molecular formula is C62H70FN9O16. The first kappa shape index (κ1) is 62.4. The average molecular weight is 1220 g/mol. The van der Waals surface area contributed by atoms with Crippen LogP contribution in [0.1, 0.15) is 116 Å². The maximum atomic E-state index is 15.5. The zero-order chi connectivity index (χ0) is 63.2. The molecule has 3 aromatic carbocycles. The molecule has 0 bridgehead atoms. The van der Waals surface area contributed by atoms with Crippen LogP contribution in [-0.4, -0.2) is 147 Å². The molecule has 2 aromatic heterocycles. The van der Waals surface area contributed by atoms with Gasteiger partial charge in [-0.25, -0.2) is 19.0 Å². The number of esters is 1. The summed E-state index contributed by atoms with van der Waals surface area (Å²) in [7, 11) is 1.51. The van der Waals surface area contributed by atoms with E-state index in [1.165, 1.54) is 29.5 Å². The molecule has 7 amide bonds. The van der Waals surface area contributed by atoms with Gasteiger partial charge in [-0.3, -0.25) is 33.6 Å². The van der Waals surface area contributed by atoms with E-state index < -0.39 is 151 Å². The quantitative estimate of drug-likeness (QED) is 0.0282. The Morgan fingerprint density at radius 1 is 0.898 bits per heavy atom. The zero-order valence-electron chi connectivity index (χ0n) is 49.3. The van der Waals surface area contributed by atoms with Gasteiger partial charge in [0.1, 0.15) is 56.2 Å². The van der Waals surface area contributed by atoms with E-state index in [9.17, 15) is 58.5 Å². The van der Waals surface area contributed by atoms with E-state index in [0.29, 0.717) is 57.4 Å². The molecule has 466 valence electrons. The van der Waals surface area contributed by atoms with Gasteiger partial charge in [-0.2, -0.15) is 0 Å². The lowest BCUT2D eigenvalue weighted by Crippen LogP contribution is -2.56. The number of ether oxygens (including phenoxy) is 4. The summed E-state index contributed by atoms with van der Waals surface area (Å²) < 4.78 is 39.2. The second kappa shape index (κ2) is 25.2. The number of hydrogen-bond acceptors (Lipinski definition) is 17. The van der Waals surface area contributed by atoms with Crippen LogP contribution in [0.4, 0.5) is 9.18 Å². The lowest BCUT2D eigenvalue weighted by atomic mass is 9.81. The van der Waals surface area contributed by atoms with Gasteiger partial charge in [-0.1, -0.05) is 69.3 Å². The van der Waals surface area contributed by atoms with Crippen molar-refractivity contribution < 1.29 is 77.0 Å². The van der Waals surface area contributed by atoms with Crippen molar-refractivity contribution >= 4 is 58.4 Å². The van der Waals surface area contributed by atoms with Crippen molar-refractivity contribution in [1.29, 1.82) is 0 Å². The fraction of sp³-hybridized carbons (Fsp3) is 0.452. The van der Waals surface area contributed by atoms with Crippen molar-refractivity contribution in [2.75, 3.05) is 26.9 Å². The van der Waals surface area contributed by atoms with Gasteiger partial charge in [0.25, 0.3) is 11.5 Å². The molecule has 1 fully saturated rings. The van der Waals surface area contributed by atoms with Crippen molar-refractivity contribution in [3.8, 4) is 22.5 Å². The number of pyridine rings is 2. The van der Waals surface area contributed by atoms with Gasteiger partial charge >= 0.3 is 12.1 Å². The molecule has 88 heavy (non-hydrogen) atoms. The average Bonchev–Trinajstić information content (AvgIpc) is 1.45. The number of halogens is 1. The molecule has 2 aliphatic carbocycles. The fourth-order valence-electron chi connectivity index (χ4n) is 12.5. The molecule has 1 saturated heterocycles. The smallest absolute Gasteiger partial charge is 0.411 e. The first-order chi connectivity index (χ1) is 41.9. The highest BCUT2D eigenvalue weighted by atomic mass is 19.1. The number of nitrogens with two attached hydrogens (primary N) is 1. The number of primary amides is 1. The maximum Gasteiger partial charge on any atom is 0.411 e. The molecular weight excluding hydrogens is 1150 g/mol. The molecule has 0 unspecified atom stereocenters. The van der Waals surface area contributed by atoms with E-state index in [4.69, 9.17) is 29.7 Å². The molecule has 5 aliphatic rings. The molecule has 3 aliphatic heterocycles. The number of carbonyl (C=O) groups excluding carboxylic acids is 8. The van der Waals surface area contributed by atoms with Crippen LogP contribution < -0.4 is 37.9 Å². The first-order valence-corrected chi connectivity index (χ1v) is 29.2. The summed E-state index contributed by atoms with van der Waals surface area (Å²) in [6.07, 6.45) is -8.23. The van der Waals surface area contributed by atoms with E-state index >= 15 is 4.39 Å². The normalized spacial score (nSPS) is 21.4. The molecule has 0 saturated carbocycles. The van der Waals surface area contributed by atoms with Gasteiger partial charge in [0.15, 0.2) is 11.7 Å². The van der Waals surface area contributed by atoms with Crippen molar-refractivity contribution in [3.05, 3.63) is 121 Å². The van der Waals surface area contributed by atoms with Crippen molar-refractivity contribution in [1.82, 2.24) is 41.0 Å². The Morgan fingerprint density at radius 2 is 1.58 bits per heavy atom. The maximum absolute atomic E-state index is 15.5. The Hall–Kier alpha value is -8.69. The molecule has 9 atom stereocenters. The van der Waals surface area contributed by atoms with Crippen LogP contribution in [0, 0.1) is 18.7 Å². The minimum absolute atomic E-state index is 0.0287. The van der Waals surface area contributed by atoms with Crippen molar-refractivity contribution in [2.45, 2.75) is 147 Å². The Balaban J connectivity index is 0.766. The van der Waals surface area contributed by atoms with Crippen molar-refractivity contribution in [3.63, 3.8) is 0 Å². The number of aryl methyl sites for hydroxylation is 1. The topological polar surface area (TPSA) is 358 Å². The van der Waals surface area contributed by atoms with E-state index in [1.54, 1.807) is 33.8 Å². The second-order valence-corrected chi connectivity index (χ2v) is 23.2. The highest BCUT2D eigenvalue weighted by Gasteiger charge is 2.47. The van der Waals surface area contributed by atoms with E-state index in [0.717, 1.165) is 22.3 Å². The molecule has 0 radical (unpaired) electrons. The summed E-state index contributed by atoms with van der Waals surface area (Å²) >= 11 is 0. The number of aliphatic hydroxyl groups excluding tert-OH is 2. The standard InChI is InChI=1S/C62H70FN9O16/c1-7-62(84)38-20-42-52-36(24-72(42)59(81)37(38)25-86-60(62)82)50-40(17-16-31-29(4)39(63)21-41(69-52)49(31)50)68-48(75)26-85-27-66-56(78)30(5)67-58(80)51(28(2)3)70-57(79)43(18-19-47(74)65-23-45-55(77)54(76)44(87-45)22-46(64)73)88-61(83)71(6)53-34-14-10-8-12-32(34)33-13-9-11-15-35(33)53/h8-15,20-21,28,30,40,43-45,51,53-55,76-77,84H,7,16-19,22-27H2,1-6H3,(H2,64,73)(H,65,74)(H,66,78)(H,67,80)(H,68,75)(H,70,79)/t30-,40-,43-,44-,45+,51-,54-,55+,62-/m0/s1. The van der Waals surface area contributed by atoms with Crippen LogP contribution in [0.3, 0.4) is 0 Å². The molecule has 26 heteroatoms. The number of carbonyl (C=O) groups is 8. The second-order valence-electron chi connectivity index (χ2n) is 23.2. The third-order valence-corrected chi connectivity index (χ3v) is 17.3. The molecule has 5 heterocycles. The largest absolute Gasteiger partial charge is 0.458 e. The Labute approximate surface area is 503 Å². The van der Waals surface area contributed by atoms with E-state index in [-0.39, 0.29) is 43.7 Å². The number of amides is 7. The first-order valence-electron chi connectivity index (χ1n) is 29.2. The minimum atomic E-state index is -2.07. The van der Waals surface area contributed by atoms with Gasteiger partial charge in [0.05, 0.1) is 53.6 Å². The van der Waals surface area contributed by atoms with Gasteiger partial charge in [0, 0.05) is 49.0 Å². The van der Waals surface area contributed by atoms with Gasteiger partial charge in [-0.05, 0) is 84.0 Å². The molecule has 10 rings (SSSR count). The summed E-state index contributed by atoms with van der Waals surface area (Å²) in [5.41, 5.74) is 9.64. The predicted octanol–water partition coefficient (Wildman–Crippen LogP) is 1.83. The summed E-state index contributed by atoms with van der Waals surface area (Å²) in [4.78, 5) is 127. The monoisotopic (exact) mass is 1220 g/mol. The predicted molar refractivity (Wildman–Crippen MR) is 310 cm³/mol. The number of aliphatic hydroxyl groups is 3. The number of fused-ring (bicyclic) bond motifs is 8. The number of benzene rings is 3. The number of nitrogens with one attached hydrogen (secondary N) is 5. The summed E-state index contributed by atoms with van der Waals surface area (Å²) in [5.74, 6) is -6.44. The van der Waals surface area contributed by atoms with Crippen LogP contribution in [0.2, 0.25) is 0 Å². The number of aromatic nitrogens is 2. The van der Waals surface area contributed by atoms with Crippen molar-refractivity contribution in [2.24, 2.45) is 11.7 Å². The van der Waals surface area contributed by atoms with Crippen LogP contribution in [0.5, 0.6) is 0 Å². The van der Waals surface area contributed by atoms with Crippen LogP contribution in [0.25, 0.3) is 33.4 Å². The number of nitrogens with zero attached hydrogens (tertiary/aromatic N) is 3. The van der Waals surface area contributed by atoms with Gasteiger partial charge in [0.2, 0.25) is 29.5 Å². The highest BCUT2D eigenvalue weighted by molar-refractivity contribution is 5.95. The summed E-state index contributed by atoms with van der Waals surface area (Å²) in [5, 5.41) is 46.2. The zero-order valence-corrected chi connectivity index (χ0v) is 49.3. The Bertz CT molecular complexity index is 3700. The van der Waals surface area contributed by atoms with E-state index in [1.807, 2.05) is 48.5 Å². The van der Waals surface area contributed by atoms with Gasteiger partial charge in [-0.15, -0.1) is 0 Å². The number of cyclic esters (lactones) is 1. The van der Waals surface area contributed by atoms with E-state index in [2.05, 4.69) is 26.6 Å². The van der Waals surface area contributed by atoms with Crippen LogP contribution in [0.15, 0.2) is 65.5 Å². The molecule has 0 spiro atoms. The third kappa shape index (κ3) is 11.8. The molecule has 25 nitrogen and oxygen atoms in total. The van der Waals surface area contributed by atoms with Gasteiger partial charge < -0.3 is 76.1 Å². The lowest BCUT2D eigenvalue weighted by molar-refractivity contribution is -0.172. The minimum Gasteiger partial charge on any atom is -0.458 e. The lowest BCUT2D eigenvalue weighted by Gasteiger charge is -2.31. The SMILES string of the molecule is CC[C@@]1(O)C(=O)OCc2c1cc1n(c2=O)Cc2c-1nc1cc(F)c(C)c3c1c2[C@@H](NC(=O)COCNC(=O)[C@H](C)NC(=O)[C@@H](NC(=O)[C@H](CCC(=O)NC[C@H]1O[C@@H](CC(N)=O)[C@H](O)[C@@H]1O)OC(=O)N(C)C1c2ccccc2-c2ccccc21)C(C)C)CC3. The Kier molecular flexibility index (Phi) is 17.9. The third-order valence-electron chi connectivity index (χ3n) is 17.3. The number of rotatable bonds is 21. The van der Waals surface area contributed by atoms with Crippen LogP contribution in [-0.2, 0) is 77.7 Å². The fourth-order valence-corrected chi connectivity index (χ4v) is 12.5.